The van der Waals surface area contributed by atoms with E-state index in [1.54, 1.807) is 31.0 Å². The SMILES string of the molecule is COc1cc(OC)c2[nH]c(C(=O)NCCCc3cc(N)n(-c4ccccc4)n3)cc2c1. The van der Waals surface area contributed by atoms with Gasteiger partial charge in [0, 0.05) is 24.1 Å². The van der Waals surface area contributed by atoms with Crippen molar-refractivity contribution in [2.24, 2.45) is 0 Å². The zero-order valence-electron chi connectivity index (χ0n) is 17.5. The topological polar surface area (TPSA) is 107 Å². The largest absolute Gasteiger partial charge is 0.497 e. The molecule has 2 aromatic carbocycles. The molecule has 2 heterocycles. The Kier molecular flexibility index (Phi) is 5.79. The third-order valence-corrected chi connectivity index (χ3v) is 5.05. The molecule has 0 saturated heterocycles. The molecule has 0 atom stereocenters. The Hall–Kier alpha value is -3.94. The van der Waals surface area contributed by atoms with Crippen LogP contribution in [0.2, 0.25) is 0 Å². The van der Waals surface area contributed by atoms with E-state index in [0.717, 1.165) is 28.7 Å². The van der Waals surface area contributed by atoms with Gasteiger partial charge in [-0.15, -0.1) is 0 Å². The smallest absolute Gasteiger partial charge is 0.267 e. The van der Waals surface area contributed by atoms with Gasteiger partial charge < -0.3 is 25.5 Å². The van der Waals surface area contributed by atoms with Crippen molar-refractivity contribution < 1.29 is 14.3 Å². The number of nitrogens with one attached hydrogen (secondary N) is 2. The molecule has 4 aromatic rings. The molecule has 0 fully saturated rings. The lowest BCUT2D eigenvalue weighted by Crippen LogP contribution is -2.25. The summed E-state index contributed by atoms with van der Waals surface area (Å²) < 4.78 is 12.4. The van der Waals surface area contributed by atoms with Gasteiger partial charge >= 0.3 is 0 Å². The number of methoxy groups -OCH3 is 2. The van der Waals surface area contributed by atoms with Crippen LogP contribution in [0.5, 0.6) is 11.5 Å². The average molecular weight is 419 g/mol. The molecule has 2 aromatic heterocycles. The van der Waals surface area contributed by atoms with E-state index in [4.69, 9.17) is 15.2 Å². The summed E-state index contributed by atoms with van der Waals surface area (Å²) >= 11 is 0. The number of nitrogens with two attached hydrogens (primary N) is 1. The summed E-state index contributed by atoms with van der Waals surface area (Å²) in [5, 5.41) is 8.36. The number of benzene rings is 2. The highest BCUT2D eigenvalue weighted by Crippen LogP contribution is 2.31. The van der Waals surface area contributed by atoms with E-state index in [9.17, 15) is 4.79 Å². The molecule has 0 aliphatic carbocycles. The third kappa shape index (κ3) is 4.32. The van der Waals surface area contributed by atoms with Crippen LogP contribution >= 0.6 is 0 Å². The maximum Gasteiger partial charge on any atom is 0.267 e. The number of H-pyrrole nitrogens is 1. The van der Waals surface area contributed by atoms with Crippen LogP contribution in [-0.2, 0) is 6.42 Å². The molecule has 160 valence electrons. The monoisotopic (exact) mass is 419 g/mol. The number of anilines is 1. The first-order chi connectivity index (χ1) is 15.1. The molecule has 0 unspecified atom stereocenters. The Balaban J connectivity index is 1.36. The van der Waals surface area contributed by atoms with E-state index in [-0.39, 0.29) is 5.91 Å². The number of rotatable bonds is 8. The van der Waals surface area contributed by atoms with Gasteiger partial charge in [0.25, 0.3) is 5.91 Å². The molecule has 0 aliphatic heterocycles. The fraction of sp³-hybridized carbons (Fsp3) is 0.217. The predicted octanol–water partition coefficient (Wildman–Crippen LogP) is 3.32. The number of nitrogens with zero attached hydrogens (tertiary/aromatic N) is 2. The molecule has 4 rings (SSSR count). The number of hydrogen-bond acceptors (Lipinski definition) is 5. The molecule has 4 N–H and O–H groups in total. The van der Waals surface area contributed by atoms with Crippen molar-refractivity contribution in [2.45, 2.75) is 12.8 Å². The van der Waals surface area contributed by atoms with Gasteiger partial charge in [0.2, 0.25) is 0 Å². The zero-order chi connectivity index (χ0) is 21.8. The van der Waals surface area contributed by atoms with Gasteiger partial charge in [-0.1, -0.05) is 18.2 Å². The number of carbonyl (C=O) groups is 1. The molecule has 1 amide bonds. The number of aromatic amines is 1. The molecular weight excluding hydrogens is 394 g/mol. The van der Waals surface area contributed by atoms with Gasteiger partial charge in [-0.3, -0.25) is 4.79 Å². The molecule has 31 heavy (non-hydrogen) atoms. The lowest BCUT2D eigenvalue weighted by atomic mass is 10.2. The highest BCUT2D eigenvalue weighted by molar-refractivity contribution is 5.99. The first-order valence-corrected chi connectivity index (χ1v) is 10.0. The molecular formula is C23H25N5O3. The number of aryl methyl sites for hydroxylation is 1. The summed E-state index contributed by atoms with van der Waals surface area (Å²) in [4.78, 5) is 15.7. The second kappa shape index (κ2) is 8.83. The summed E-state index contributed by atoms with van der Waals surface area (Å²) in [6.07, 6.45) is 1.45. The Morgan fingerprint density at radius 2 is 1.94 bits per heavy atom. The van der Waals surface area contributed by atoms with Crippen LogP contribution in [0.1, 0.15) is 22.6 Å². The van der Waals surface area contributed by atoms with Gasteiger partial charge in [-0.05, 0) is 37.1 Å². The Morgan fingerprint density at radius 3 is 2.68 bits per heavy atom. The Labute approximate surface area is 180 Å². The summed E-state index contributed by atoms with van der Waals surface area (Å²) in [7, 11) is 3.18. The number of ether oxygens (including phenoxy) is 2. The minimum atomic E-state index is -0.174. The normalized spacial score (nSPS) is 10.9. The van der Waals surface area contributed by atoms with Crippen molar-refractivity contribution in [1.82, 2.24) is 20.1 Å². The molecule has 8 nitrogen and oxygen atoms in total. The standard InChI is InChI=1S/C23H25N5O3/c1-30-18-11-15-12-19(26-22(15)20(14-18)31-2)23(29)25-10-6-7-16-13-21(24)28(27-16)17-8-4-3-5-9-17/h3-5,8-9,11-14,26H,6-7,10,24H2,1-2H3,(H,25,29). The van der Waals surface area contributed by atoms with E-state index in [1.165, 1.54) is 0 Å². The second-order valence-corrected chi connectivity index (χ2v) is 7.14. The number of amides is 1. The third-order valence-electron chi connectivity index (χ3n) is 5.05. The molecule has 0 radical (unpaired) electrons. The molecule has 0 spiro atoms. The van der Waals surface area contributed by atoms with Gasteiger partial charge in [0.1, 0.15) is 23.0 Å². The molecule has 0 saturated carbocycles. The number of hydrogen-bond donors (Lipinski definition) is 3. The fourth-order valence-electron chi connectivity index (χ4n) is 3.50. The number of para-hydroxylation sites is 1. The van der Waals surface area contributed by atoms with E-state index in [1.807, 2.05) is 42.5 Å². The van der Waals surface area contributed by atoms with Crippen molar-refractivity contribution in [1.29, 1.82) is 0 Å². The average Bonchev–Trinajstić information content (AvgIpc) is 3.39. The van der Waals surface area contributed by atoms with E-state index in [0.29, 0.717) is 36.0 Å². The Morgan fingerprint density at radius 1 is 1.13 bits per heavy atom. The van der Waals surface area contributed by atoms with Gasteiger partial charge in [-0.25, -0.2) is 4.68 Å². The van der Waals surface area contributed by atoms with Crippen molar-refractivity contribution in [3.05, 3.63) is 66.0 Å². The first-order valence-electron chi connectivity index (χ1n) is 10.0. The lowest BCUT2D eigenvalue weighted by Gasteiger charge is -2.05. The number of nitrogen functional groups attached to an aromatic ring is 1. The van der Waals surface area contributed by atoms with Crippen LogP contribution in [0.4, 0.5) is 5.82 Å². The van der Waals surface area contributed by atoms with Crippen LogP contribution in [-0.4, -0.2) is 41.4 Å². The predicted molar refractivity (Wildman–Crippen MR) is 120 cm³/mol. The minimum Gasteiger partial charge on any atom is -0.497 e. The quantitative estimate of drug-likeness (QED) is 0.380. The fourth-order valence-corrected chi connectivity index (χ4v) is 3.50. The maximum absolute atomic E-state index is 12.6. The Bertz CT molecular complexity index is 1200. The maximum atomic E-state index is 12.6. The summed E-state index contributed by atoms with van der Waals surface area (Å²) in [6, 6.07) is 17.1. The van der Waals surface area contributed by atoms with Crippen molar-refractivity contribution in [3.63, 3.8) is 0 Å². The zero-order valence-corrected chi connectivity index (χ0v) is 17.5. The van der Waals surface area contributed by atoms with Crippen LogP contribution < -0.4 is 20.5 Å². The summed E-state index contributed by atoms with van der Waals surface area (Å²) in [5.41, 5.74) is 9.13. The summed E-state index contributed by atoms with van der Waals surface area (Å²) in [5.74, 6) is 1.71. The van der Waals surface area contributed by atoms with Crippen molar-refractivity contribution in [2.75, 3.05) is 26.5 Å². The van der Waals surface area contributed by atoms with Crippen molar-refractivity contribution in [3.8, 4) is 17.2 Å². The minimum absolute atomic E-state index is 0.174. The van der Waals surface area contributed by atoms with Crippen LogP contribution in [0, 0.1) is 0 Å². The van der Waals surface area contributed by atoms with E-state index in [2.05, 4.69) is 15.4 Å². The van der Waals surface area contributed by atoms with Gasteiger partial charge in [-0.2, -0.15) is 5.10 Å². The second-order valence-electron chi connectivity index (χ2n) is 7.14. The first kappa shape index (κ1) is 20.3. The van der Waals surface area contributed by atoms with Crippen LogP contribution in [0.15, 0.2) is 54.6 Å². The van der Waals surface area contributed by atoms with E-state index < -0.39 is 0 Å². The van der Waals surface area contributed by atoms with Crippen molar-refractivity contribution >= 4 is 22.6 Å². The van der Waals surface area contributed by atoms with Gasteiger partial charge in [0.05, 0.1) is 31.1 Å². The van der Waals surface area contributed by atoms with Gasteiger partial charge in [0.15, 0.2) is 0 Å². The highest BCUT2D eigenvalue weighted by atomic mass is 16.5. The molecule has 0 aliphatic rings. The van der Waals surface area contributed by atoms with E-state index >= 15 is 0 Å². The number of aromatic nitrogens is 3. The lowest BCUT2D eigenvalue weighted by molar-refractivity contribution is 0.0949. The number of carbonyl (C=O) groups excluding carboxylic acids is 1. The van der Waals surface area contributed by atoms with Crippen LogP contribution in [0.25, 0.3) is 16.6 Å². The molecule has 8 heteroatoms. The number of fused-ring (bicyclic) bond motifs is 1. The van der Waals surface area contributed by atoms with Crippen LogP contribution in [0.3, 0.4) is 0 Å². The summed E-state index contributed by atoms with van der Waals surface area (Å²) in [6.45, 7) is 0.521. The highest BCUT2D eigenvalue weighted by Gasteiger charge is 2.14. The molecule has 0 bridgehead atoms.